The van der Waals surface area contributed by atoms with E-state index in [0.717, 1.165) is 43.0 Å². The molecule has 1 aliphatic rings. The summed E-state index contributed by atoms with van der Waals surface area (Å²) in [5.41, 5.74) is 8.08. The van der Waals surface area contributed by atoms with Crippen molar-refractivity contribution >= 4 is 0 Å². The minimum atomic E-state index is -0.108. The predicted octanol–water partition coefficient (Wildman–Crippen LogP) is 0.954. The Balaban J connectivity index is 2.58. The van der Waals surface area contributed by atoms with Gasteiger partial charge < -0.3 is 20.9 Å². The molecule has 0 aromatic rings. The van der Waals surface area contributed by atoms with Gasteiger partial charge in [0.1, 0.15) is 0 Å². The molecule has 1 unspecified atom stereocenters. The zero-order valence-electron chi connectivity index (χ0n) is 15.8. The van der Waals surface area contributed by atoms with Gasteiger partial charge in [0, 0.05) is 31.0 Å². The van der Waals surface area contributed by atoms with Gasteiger partial charge in [-0.05, 0) is 26.8 Å². The van der Waals surface area contributed by atoms with Crippen LogP contribution in [-0.2, 0) is 0 Å². The van der Waals surface area contributed by atoms with Gasteiger partial charge in [0.15, 0.2) is 0 Å². The number of rotatable bonds is 11. The number of hydrogen-bond acceptors (Lipinski definition) is 6. The molecule has 1 saturated heterocycles. The first-order chi connectivity index (χ1) is 11.9. The molecule has 6 N–H and O–H groups in total. The maximum absolute atomic E-state index is 5.27. The van der Waals surface area contributed by atoms with E-state index in [1.54, 1.807) is 0 Å². The Hall–Kier alpha value is -1.98. The van der Waals surface area contributed by atoms with Crippen LogP contribution >= 0.6 is 0 Å². The second-order valence-electron chi connectivity index (χ2n) is 6.69. The largest absolute Gasteiger partial charge is 0.382 e. The van der Waals surface area contributed by atoms with Gasteiger partial charge in [-0.15, -0.1) is 12.3 Å². The molecule has 0 aromatic carbocycles. The topological polar surface area (TPSA) is 77.4 Å². The lowest BCUT2D eigenvalue weighted by molar-refractivity contribution is 0.198. The summed E-state index contributed by atoms with van der Waals surface area (Å²) in [6.45, 7) is 21.0. The van der Waals surface area contributed by atoms with Crippen molar-refractivity contribution < 1.29 is 0 Å². The van der Waals surface area contributed by atoms with Gasteiger partial charge in [-0.2, -0.15) is 0 Å². The highest BCUT2D eigenvalue weighted by Crippen LogP contribution is 2.24. The van der Waals surface area contributed by atoms with Crippen molar-refractivity contribution in [1.29, 1.82) is 0 Å². The maximum atomic E-state index is 5.27. The highest BCUT2D eigenvalue weighted by molar-refractivity contribution is 5.18. The molecule has 0 aliphatic carbocycles. The Bertz CT molecular complexity index is 524. The van der Waals surface area contributed by atoms with Crippen molar-refractivity contribution in [3.8, 4) is 0 Å². The van der Waals surface area contributed by atoms with Crippen LogP contribution in [0, 0.1) is 0 Å². The van der Waals surface area contributed by atoms with Gasteiger partial charge in [0.2, 0.25) is 0 Å². The molecule has 1 fully saturated rings. The molecule has 25 heavy (non-hydrogen) atoms. The van der Waals surface area contributed by atoms with Gasteiger partial charge in [-0.25, -0.2) is 0 Å². The molecule has 0 bridgehead atoms. The van der Waals surface area contributed by atoms with Crippen LogP contribution in [0.3, 0.4) is 0 Å². The van der Waals surface area contributed by atoms with Gasteiger partial charge in [-0.1, -0.05) is 25.8 Å². The first kappa shape index (κ1) is 21.1. The summed E-state index contributed by atoms with van der Waals surface area (Å²) in [5, 5.41) is 10.1. The molecule has 140 valence electrons. The fourth-order valence-corrected chi connectivity index (χ4v) is 2.82. The number of likely N-dealkylation sites (tertiary alicyclic amines) is 1. The van der Waals surface area contributed by atoms with E-state index in [-0.39, 0.29) is 11.6 Å². The molecule has 0 saturated carbocycles. The number of nitrogens with zero attached hydrogens (tertiary/aromatic N) is 1. The summed E-state index contributed by atoms with van der Waals surface area (Å²) in [6.07, 6.45) is 4.04. The van der Waals surface area contributed by atoms with Crippen LogP contribution in [0.25, 0.3) is 0 Å². The molecule has 6 heteroatoms. The summed E-state index contributed by atoms with van der Waals surface area (Å²) >= 11 is 0. The molecule has 1 aliphatic heterocycles. The minimum Gasteiger partial charge on any atom is -0.382 e. The van der Waals surface area contributed by atoms with E-state index in [9.17, 15) is 0 Å². The zero-order chi connectivity index (χ0) is 18.9. The van der Waals surface area contributed by atoms with E-state index in [1.165, 1.54) is 0 Å². The van der Waals surface area contributed by atoms with Crippen LogP contribution in [0.5, 0.6) is 0 Å². The Morgan fingerprint density at radius 2 is 1.92 bits per heavy atom. The molecular formula is C19H34N6. The van der Waals surface area contributed by atoms with Crippen molar-refractivity contribution in [3.63, 3.8) is 0 Å². The van der Waals surface area contributed by atoms with Crippen LogP contribution in [-0.4, -0.2) is 49.7 Å². The monoisotopic (exact) mass is 346 g/mol. The third-order valence-electron chi connectivity index (χ3n) is 4.56. The lowest BCUT2D eigenvalue weighted by Crippen LogP contribution is -2.53. The van der Waals surface area contributed by atoms with Crippen LogP contribution in [0.4, 0.5) is 0 Å². The second-order valence-corrected chi connectivity index (χ2v) is 6.69. The lowest BCUT2D eigenvalue weighted by atomic mass is 9.87. The average Bonchev–Trinajstić information content (AvgIpc) is 2.60. The summed E-state index contributed by atoms with van der Waals surface area (Å²) < 4.78 is 0. The highest BCUT2D eigenvalue weighted by atomic mass is 15.2. The lowest BCUT2D eigenvalue weighted by Gasteiger charge is -2.41. The van der Waals surface area contributed by atoms with Gasteiger partial charge in [0.25, 0.3) is 0 Å². The van der Waals surface area contributed by atoms with Crippen LogP contribution in [0.1, 0.15) is 19.8 Å². The molecule has 6 nitrogen and oxygen atoms in total. The molecule has 0 spiro atoms. The maximum Gasteiger partial charge on any atom is 0.0763 e. The molecule has 1 atom stereocenters. The van der Waals surface area contributed by atoms with Crippen molar-refractivity contribution in [3.05, 3.63) is 55.2 Å². The van der Waals surface area contributed by atoms with E-state index in [2.05, 4.69) is 72.3 Å². The van der Waals surface area contributed by atoms with Crippen LogP contribution in [0.2, 0.25) is 0 Å². The van der Waals surface area contributed by atoms with Crippen LogP contribution in [0.15, 0.2) is 55.2 Å². The summed E-state index contributed by atoms with van der Waals surface area (Å²) in [7, 11) is 2.15. The third-order valence-corrected chi connectivity index (χ3v) is 4.56. The van der Waals surface area contributed by atoms with E-state index in [0.29, 0.717) is 13.1 Å². The van der Waals surface area contributed by atoms with Crippen molar-refractivity contribution in [1.82, 2.24) is 26.3 Å². The summed E-state index contributed by atoms with van der Waals surface area (Å²) in [4.78, 5) is 2.33. The predicted molar refractivity (Wildman–Crippen MR) is 107 cm³/mol. The molecular weight excluding hydrogens is 312 g/mol. The molecule has 1 heterocycles. The number of nitrogens with two attached hydrogens (primary N) is 1. The Morgan fingerprint density at radius 1 is 1.28 bits per heavy atom. The Morgan fingerprint density at radius 3 is 2.44 bits per heavy atom. The Kier molecular flexibility index (Phi) is 8.52. The number of hydrogen-bond donors (Lipinski definition) is 5. The van der Waals surface area contributed by atoms with E-state index in [1.807, 2.05) is 6.08 Å². The molecule has 0 amide bonds. The van der Waals surface area contributed by atoms with E-state index < -0.39 is 0 Å². The minimum absolute atomic E-state index is 0.0178. The third kappa shape index (κ3) is 6.80. The average molecular weight is 347 g/mol. The number of hydrazine groups is 1. The Labute approximate surface area is 152 Å². The van der Waals surface area contributed by atoms with Crippen LogP contribution < -0.4 is 27.2 Å². The first-order valence-corrected chi connectivity index (χ1v) is 8.65. The molecule has 0 aromatic heterocycles. The van der Waals surface area contributed by atoms with Gasteiger partial charge >= 0.3 is 0 Å². The molecule has 0 radical (unpaired) electrons. The first-order valence-electron chi connectivity index (χ1n) is 8.65. The van der Waals surface area contributed by atoms with Crippen molar-refractivity contribution in [2.45, 2.75) is 31.3 Å². The normalized spacial score (nSPS) is 17.7. The SMILES string of the molecule is C=C=C(NC1(C=C)CCN(C)CC1)C(C)NC(=C)CNC(=C)CNN. The number of nitrogens with one attached hydrogen (secondary N) is 4. The van der Waals surface area contributed by atoms with E-state index in [4.69, 9.17) is 5.84 Å². The standard InChI is InChI=1S/C19H34N6/c1-7-18(24-19(8-2)9-11-25(6)12-10-19)17(5)23-16(4)13-21-15(3)14-22-20/h8,17,21-24H,1-4,9-14,20H2,5-6H3. The zero-order valence-corrected chi connectivity index (χ0v) is 15.8. The second kappa shape index (κ2) is 10.1. The van der Waals surface area contributed by atoms with Gasteiger partial charge in [-0.3, -0.25) is 11.3 Å². The molecule has 1 rings (SSSR count). The quantitative estimate of drug-likeness (QED) is 0.166. The van der Waals surface area contributed by atoms with E-state index >= 15 is 0 Å². The van der Waals surface area contributed by atoms with Crippen molar-refractivity contribution in [2.75, 3.05) is 33.2 Å². The smallest absolute Gasteiger partial charge is 0.0763 e. The number of piperidine rings is 1. The summed E-state index contributed by atoms with van der Waals surface area (Å²) in [5.74, 6) is 5.27. The van der Waals surface area contributed by atoms with Crippen molar-refractivity contribution in [2.24, 2.45) is 5.84 Å². The fraction of sp³-hybridized carbons (Fsp3) is 0.526. The van der Waals surface area contributed by atoms with Gasteiger partial charge in [0.05, 0.1) is 23.8 Å². The highest BCUT2D eigenvalue weighted by Gasteiger charge is 2.32. The summed E-state index contributed by atoms with van der Waals surface area (Å²) in [6, 6.07) is 0.0178. The fourth-order valence-electron chi connectivity index (χ4n) is 2.82.